The molecule has 1 N–H and O–H groups in total. The van der Waals surface area contributed by atoms with Crippen LogP contribution >= 0.6 is 38.5 Å². The number of hydrogen-bond acceptors (Lipinski definition) is 1. The molecule has 0 unspecified atom stereocenters. The van der Waals surface area contributed by atoms with Crippen LogP contribution in [0, 0.1) is 3.57 Å². The molecule has 98 valence electrons. The minimum Gasteiger partial charge on any atom is -0.381 e. The van der Waals surface area contributed by atoms with E-state index in [4.69, 9.17) is 0 Å². The van der Waals surface area contributed by atoms with E-state index < -0.39 is 0 Å². The lowest BCUT2D eigenvalue weighted by atomic mass is 9.76. The van der Waals surface area contributed by atoms with Gasteiger partial charge >= 0.3 is 0 Å². The molecule has 0 atom stereocenters. The lowest BCUT2D eigenvalue weighted by Crippen LogP contribution is -2.34. The summed E-state index contributed by atoms with van der Waals surface area (Å²) in [6.07, 6.45) is 2.46. The van der Waals surface area contributed by atoms with Gasteiger partial charge in [-0.2, -0.15) is 0 Å². The summed E-state index contributed by atoms with van der Waals surface area (Å²) in [5.74, 6) is 0.715. The number of nitrogens with one attached hydrogen (secondary N) is 1. The molecule has 2 aromatic rings. The molecular weight excluding hydrogens is 413 g/mol. The van der Waals surface area contributed by atoms with Gasteiger partial charge in [0.15, 0.2) is 0 Å². The standard InChI is InChI=1S/C16H15BrIN/c17-13-7-5-11(6-8-13)12-9-14(10-12)19-16-4-2-1-3-15(16)18/h1-8,12,14,19H,9-10H2. The van der Waals surface area contributed by atoms with Crippen LogP contribution in [-0.2, 0) is 0 Å². The van der Waals surface area contributed by atoms with Gasteiger partial charge in [-0.25, -0.2) is 0 Å². The van der Waals surface area contributed by atoms with Gasteiger partial charge in [0.1, 0.15) is 0 Å². The van der Waals surface area contributed by atoms with Crippen molar-refractivity contribution in [2.24, 2.45) is 0 Å². The van der Waals surface area contributed by atoms with Crippen molar-refractivity contribution in [1.29, 1.82) is 0 Å². The Morgan fingerprint density at radius 3 is 2.37 bits per heavy atom. The van der Waals surface area contributed by atoms with Crippen LogP contribution in [0.5, 0.6) is 0 Å². The SMILES string of the molecule is Brc1ccc(C2CC(Nc3ccccc3I)C2)cc1. The quantitative estimate of drug-likeness (QED) is 0.645. The Kier molecular flexibility index (Phi) is 4.12. The average Bonchev–Trinajstić information content (AvgIpc) is 2.37. The van der Waals surface area contributed by atoms with Crippen LogP contribution in [0.4, 0.5) is 5.69 Å². The first kappa shape index (κ1) is 13.4. The van der Waals surface area contributed by atoms with E-state index in [-0.39, 0.29) is 0 Å². The molecule has 0 heterocycles. The molecule has 3 rings (SSSR count). The summed E-state index contributed by atoms with van der Waals surface area (Å²) in [6.45, 7) is 0. The fourth-order valence-electron chi connectivity index (χ4n) is 2.54. The Balaban J connectivity index is 1.58. The van der Waals surface area contributed by atoms with Crippen molar-refractivity contribution in [2.45, 2.75) is 24.8 Å². The second-order valence-electron chi connectivity index (χ2n) is 5.04. The highest BCUT2D eigenvalue weighted by Crippen LogP contribution is 2.39. The van der Waals surface area contributed by atoms with Crippen LogP contribution in [0.2, 0.25) is 0 Å². The van der Waals surface area contributed by atoms with E-state index in [9.17, 15) is 0 Å². The number of rotatable bonds is 3. The molecule has 0 bridgehead atoms. The summed E-state index contributed by atoms with van der Waals surface area (Å²) in [4.78, 5) is 0. The number of para-hydroxylation sites is 1. The highest BCUT2D eigenvalue weighted by Gasteiger charge is 2.30. The van der Waals surface area contributed by atoms with Crippen molar-refractivity contribution >= 4 is 44.2 Å². The molecule has 19 heavy (non-hydrogen) atoms. The maximum absolute atomic E-state index is 3.64. The second-order valence-corrected chi connectivity index (χ2v) is 7.12. The molecule has 1 aliphatic carbocycles. The maximum Gasteiger partial charge on any atom is 0.0478 e. The Morgan fingerprint density at radius 1 is 1.00 bits per heavy atom. The first-order valence-corrected chi connectivity index (χ1v) is 8.36. The van der Waals surface area contributed by atoms with Crippen molar-refractivity contribution in [3.63, 3.8) is 0 Å². The molecule has 1 aliphatic rings. The molecule has 2 aromatic carbocycles. The number of benzene rings is 2. The molecule has 1 saturated carbocycles. The topological polar surface area (TPSA) is 12.0 Å². The Morgan fingerprint density at radius 2 is 1.68 bits per heavy atom. The smallest absolute Gasteiger partial charge is 0.0478 e. The van der Waals surface area contributed by atoms with Gasteiger partial charge in [-0.3, -0.25) is 0 Å². The first-order valence-electron chi connectivity index (χ1n) is 6.49. The molecule has 0 aliphatic heterocycles. The van der Waals surface area contributed by atoms with Gasteiger partial charge in [-0.05, 0) is 71.2 Å². The summed E-state index contributed by atoms with van der Waals surface area (Å²) < 4.78 is 2.45. The van der Waals surface area contributed by atoms with E-state index in [1.54, 1.807) is 0 Å². The molecule has 1 fully saturated rings. The van der Waals surface area contributed by atoms with Crippen LogP contribution in [0.25, 0.3) is 0 Å². The minimum absolute atomic E-state index is 0.615. The van der Waals surface area contributed by atoms with Crippen molar-refractivity contribution in [3.8, 4) is 0 Å². The summed E-state index contributed by atoms with van der Waals surface area (Å²) in [7, 11) is 0. The monoisotopic (exact) mass is 427 g/mol. The predicted octanol–water partition coefficient (Wildman–Crippen LogP) is 5.41. The van der Waals surface area contributed by atoms with Crippen molar-refractivity contribution in [3.05, 3.63) is 62.1 Å². The number of halogens is 2. The van der Waals surface area contributed by atoms with Gasteiger partial charge in [0, 0.05) is 19.8 Å². The lowest BCUT2D eigenvalue weighted by Gasteiger charge is -2.37. The summed E-state index contributed by atoms with van der Waals surface area (Å²) in [5.41, 5.74) is 2.73. The normalized spacial score (nSPS) is 21.8. The maximum atomic E-state index is 3.64. The molecule has 0 radical (unpaired) electrons. The molecule has 0 aromatic heterocycles. The fourth-order valence-corrected chi connectivity index (χ4v) is 3.35. The van der Waals surface area contributed by atoms with Crippen molar-refractivity contribution in [1.82, 2.24) is 0 Å². The Bertz CT molecular complexity index is 561. The highest BCUT2D eigenvalue weighted by molar-refractivity contribution is 14.1. The van der Waals surface area contributed by atoms with Gasteiger partial charge in [0.2, 0.25) is 0 Å². The lowest BCUT2D eigenvalue weighted by molar-refractivity contribution is 0.374. The molecule has 0 spiro atoms. The molecule has 3 heteroatoms. The number of anilines is 1. The predicted molar refractivity (Wildman–Crippen MR) is 92.7 cm³/mol. The van der Waals surface area contributed by atoms with Crippen LogP contribution < -0.4 is 5.32 Å². The Labute approximate surface area is 136 Å². The zero-order chi connectivity index (χ0) is 13.2. The summed E-state index contributed by atoms with van der Waals surface area (Å²) in [5, 5.41) is 3.64. The van der Waals surface area contributed by atoms with E-state index in [1.165, 1.54) is 27.7 Å². The third kappa shape index (κ3) is 3.14. The second kappa shape index (κ2) is 5.83. The van der Waals surface area contributed by atoms with Gasteiger partial charge in [0.05, 0.1) is 0 Å². The van der Waals surface area contributed by atoms with Crippen LogP contribution in [0.15, 0.2) is 53.0 Å². The molecule has 1 nitrogen and oxygen atoms in total. The summed E-state index contributed by atoms with van der Waals surface area (Å²) in [6, 6.07) is 17.8. The molecular formula is C16H15BrIN. The van der Waals surface area contributed by atoms with E-state index in [0.717, 1.165) is 4.47 Å². The first-order chi connectivity index (χ1) is 9.22. The number of hydrogen-bond donors (Lipinski definition) is 1. The van der Waals surface area contributed by atoms with Crippen LogP contribution in [-0.4, -0.2) is 6.04 Å². The Hall–Kier alpha value is -0.550. The molecule has 0 saturated heterocycles. The van der Waals surface area contributed by atoms with Crippen molar-refractivity contribution < 1.29 is 0 Å². The van der Waals surface area contributed by atoms with Gasteiger partial charge in [0.25, 0.3) is 0 Å². The minimum atomic E-state index is 0.615. The van der Waals surface area contributed by atoms with E-state index in [2.05, 4.69) is 92.4 Å². The highest BCUT2D eigenvalue weighted by atomic mass is 127. The average molecular weight is 428 g/mol. The fraction of sp³-hybridized carbons (Fsp3) is 0.250. The van der Waals surface area contributed by atoms with Crippen molar-refractivity contribution in [2.75, 3.05) is 5.32 Å². The van der Waals surface area contributed by atoms with Gasteiger partial charge in [-0.15, -0.1) is 0 Å². The van der Waals surface area contributed by atoms with E-state index in [0.29, 0.717) is 12.0 Å². The van der Waals surface area contributed by atoms with E-state index >= 15 is 0 Å². The van der Waals surface area contributed by atoms with Gasteiger partial charge < -0.3 is 5.32 Å². The van der Waals surface area contributed by atoms with Crippen LogP contribution in [0.3, 0.4) is 0 Å². The third-order valence-corrected chi connectivity index (χ3v) is 5.18. The largest absolute Gasteiger partial charge is 0.381 e. The summed E-state index contributed by atoms with van der Waals surface area (Å²) >= 11 is 5.87. The van der Waals surface area contributed by atoms with E-state index in [1.807, 2.05) is 0 Å². The zero-order valence-electron chi connectivity index (χ0n) is 10.4. The van der Waals surface area contributed by atoms with Crippen LogP contribution in [0.1, 0.15) is 24.3 Å². The van der Waals surface area contributed by atoms with Gasteiger partial charge in [-0.1, -0.05) is 40.2 Å². The molecule has 0 amide bonds. The zero-order valence-corrected chi connectivity index (χ0v) is 14.2. The third-order valence-electron chi connectivity index (χ3n) is 3.71.